The second-order valence-electron chi connectivity index (χ2n) is 3.99. The molecule has 2 nitrogen and oxygen atoms in total. The maximum absolute atomic E-state index is 5.32. The van der Waals surface area contributed by atoms with E-state index in [4.69, 9.17) is 4.74 Å². The van der Waals surface area contributed by atoms with Crippen LogP contribution in [0.15, 0.2) is 0 Å². The predicted octanol–water partition coefficient (Wildman–Crippen LogP) is 1.46. The van der Waals surface area contributed by atoms with Crippen LogP contribution in [-0.4, -0.2) is 29.8 Å². The van der Waals surface area contributed by atoms with Crippen molar-refractivity contribution in [1.29, 1.82) is 0 Å². The third-order valence-electron chi connectivity index (χ3n) is 1.98. The number of hydrogen-bond acceptors (Lipinski definition) is 2. The van der Waals surface area contributed by atoms with E-state index < -0.39 is 0 Å². The van der Waals surface area contributed by atoms with Crippen molar-refractivity contribution in [2.75, 3.05) is 13.3 Å². The van der Waals surface area contributed by atoms with Gasteiger partial charge in [-0.05, 0) is 27.7 Å². The van der Waals surface area contributed by atoms with Gasteiger partial charge in [0.1, 0.15) is 0 Å². The fourth-order valence-electron chi connectivity index (χ4n) is 1.39. The van der Waals surface area contributed by atoms with Gasteiger partial charge in [-0.3, -0.25) is 4.90 Å². The van der Waals surface area contributed by atoms with E-state index in [9.17, 15) is 0 Å². The lowest BCUT2D eigenvalue weighted by Crippen LogP contribution is -2.43. The van der Waals surface area contributed by atoms with Crippen LogP contribution in [0.2, 0.25) is 0 Å². The molecule has 0 spiro atoms. The molecule has 1 atom stereocenters. The van der Waals surface area contributed by atoms with Crippen molar-refractivity contribution in [1.82, 2.24) is 4.90 Å². The first-order valence-corrected chi connectivity index (χ1v) is 3.86. The maximum atomic E-state index is 5.32. The van der Waals surface area contributed by atoms with E-state index in [1.807, 2.05) is 0 Å². The first-order valence-electron chi connectivity index (χ1n) is 3.86. The highest BCUT2D eigenvalue weighted by Crippen LogP contribution is 2.20. The van der Waals surface area contributed by atoms with E-state index in [2.05, 4.69) is 32.6 Å². The lowest BCUT2D eigenvalue weighted by molar-refractivity contribution is 0.0738. The number of hydrogen-bond donors (Lipinski definition) is 0. The summed E-state index contributed by atoms with van der Waals surface area (Å²) >= 11 is 0. The van der Waals surface area contributed by atoms with Gasteiger partial charge in [-0.15, -0.1) is 0 Å². The molecule has 0 amide bonds. The molecule has 0 bridgehead atoms. The van der Waals surface area contributed by atoms with Crippen LogP contribution in [0.1, 0.15) is 27.7 Å². The van der Waals surface area contributed by atoms with Crippen molar-refractivity contribution < 1.29 is 4.74 Å². The Bertz CT molecular complexity index is 117. The standard InChI is InChI=1S/C8H17NO/c1-7-5-10-6-9(7)8(2,3)4/h7H,5-6H2,1-4H3. The summed E-state index contributed by atoms with van der Waals surface area (Å²) in [6, 6.07) is 0.583. The van der Waals surface area contributed by atoms with E-state index in [-0.39, 0.29) is 5.54 Å². The van der Waals surface area contributed by atoms with Crippen molar-refractivity contribution >= 4 is 0 Å². The van der Waals surface area contributed by atoms with Crippen LogP contribution in [0.25, 0.3) is 0 Å². The summed E-state index contributed by atoms with van der Waals surface area (Å²) in [5.41, 5.74) is 0.260. The number of nitrogens with zero attached hydrogens (tertiary/aromatic N) is 1. The van der Waals surface area contributed by atoms with Crippen LogP contribution in [0, 0.1) is 0 Å². The molecule has 10 heavy (non-hydrogen) atoms. The molecule has 0 saturated carbocycles. The minimum Gasteiger partial charge on any atom is -0.364 e. The van der Waals surface area contributed by atoms with Gasteiger partial charge in [-0.2, -0.15) is 0 Å². The van der Waals surface area contributed by atoms with E-state index in [0.29, 0.717) is 6.04 Å². The summed E-state index contributed by atoms with van der Waals surface area (Å²) in [4.78, 5) is 2.37. The van der Waals surface area contributed by atoms with Gasteiger partial charge in [0.15, 0.2) is 0 Å². The Kier molecular flexibility index (Phi) is 2.02. The minimum atomic E-state index is 0.260. The fraction of sp³-hybridized carbons (Fsp3) is 1.00. The average molecular weight is 143 g/mol. The summed E-state index contributed by atoms with van der Waals surface area (Å²) in [6.07, 6.45) is 0. The van der Waals surface area contributed by atoms with Gasteiger partial charge >= 0.3 is 0 Å². The molecule has 1 fully saturated rings. The highest BCUT2D eigenvalue weighted by atomic mass is 16.5. The van der Waals surface area contributed by atoms with Crippen LogP contribution >= 0.6 is 0 Å². The quantitative estimate of drug-likeness (QED) is 0.509. The highest BCUT2D eigenvalue weighted by molar-refractivity contribution is 4.81. The first kappa shape index (κ1) is 8.02. The smallest absolute Gasteiger partial charge is 0.0998 e. The first-order chi connectivity index (χ1) is 4.52. The fourth-order valence-corrected chi connectivity index (χ4v) is 1.39. The van der Waals surface area contributed by atoms with E-state index in [1.54, 1.807) is 0 Å². The SMILES string of the molecule is CC1COCN1C(C)(C)C. The van der Waals surface area contributed by atoms with Crippen molar-refractivity contribution in [3.05, 3.63) is 0 Å². The second kappa shape index (κ2) is 2.51. The predicted molar refractivity (Wildman–Crippen MR) is 41.9 cm³/mol. The molecule has 60 valence electrons. The summed E-state index contributed by atoms with van der Waals surface area (Å²) in [7, 11) is 0. The van der Waals surface area contributed by atoms with E-state index in [0.717, 1.165) is 13.3 Å². The Morgan fingerprint density at radius 1 is 1.40 bits per heavy atom. The lowest BCUT2D eigenvalue weighted by atomic mass is 10.1. The second-order valence-corrected chi connectivity index (χ2v) is 3.99. The summed E-state index contributed by atoms with van der Waals surface area (Å²) < 4.78 is 5.32. The van der Waals surface area contributed by atoms with E-state index >= 15 is 0 Å². The van der Waals surface area contributed by atoms with Gasteiger partial charge < -0.3 is 4.74 Å². The summed E-state index contributed by atoms with van der Waals surface area (Å²) in [6.45, 7) is 10.6. The highest BCUT2D eigenvalue weighted by Gasteiger charge is 2.30. The Balaban J connectivity index is 2.55. The van der Waals surface area contributed by atoms with Crippen LogP contribution < -0.4 is 0 Å². The van der Waals surface area contributed by atoms with Crippen molar-refractivity contribution in [3.63, 3.8) is 0 Å². The van der Waals surface area contributed by atoms with Crippen LogP contribution in [0.3, 0.4) is 0 Å². The zero-order valence-electron chi connectivity index (χ0n) is 7.35. The summed E-state index contributed by atoms with van der Waals surface area (Å²) in [5, 5.41) is 0. The molecular formula is C8H17NO. The Morgan fingerprint density at radius 3 is 2.20 bits per heavy atom. The number of ether oxygens (including phenoxy) is 1. The zero-order chi connectivity index (χ0) is 7.78. The largest absolute Gasteiger partial charge is 0.364 e. The molecule has 2 heteroatoms. The van der Waals surface area contributed by atoms with Crippen molar-refractivity contribution in [2.24, 2.45) is 0 Å². The normalized spacial score (nSPS) is 29.4. The van der Waals surface area contributed by atoms with Crippen molar-refractivity contribution in [2.45, 2.75) is 39.3 Å². The topological polar surface area (TPSA) is 12.5 Å². The molecule has 0 aromatic heterocycles. The average Bonchev–Trinajstić information content (AvgIpc) is 2.11. The van der Waals surface area contributed by atoms with Gasteiger partial charge in [-0.25, -0.2) is 0 Å². The molecule has 0 radical (unpaired) electrons. The lowest BCUT2D eigenvalue weighted by Gasteiger charge is -2.33. The van der Waals surface area contributed by atoms with Gasteiger partial charge in [0.25, 0.3) is 0 Å². The Hall–Kier alpha value is -0.0800. The summed E-state index contributed by atoms with van der Waals surface area (Å²) in [5.74, 6) is 0. The molecule has 0 aromatic carbocycles. The molecule has 1 saturated heterocycles. The van der Waals surface area contributed by atoms with Crippen LogP contribution in [0.4, 0.5) is 0 Å². The molecule has 1 rings (SSSR count). The zero-order valence-corrected chi connectivity index (χ0v) is 7.35. The Morgan fingerprint density at radius 2 is 2.00 bits per heavy atom. The third-order valence-corrected chi connectivity index (χ3v) is 1.98. The van der Waals surface area contributed by atoms with Crippen LogP contribution in [0.5, 0.6) is 0 Å². The monoisotopic (exact) mass is 143 g/mol. The molecule has 0 aromatic rings. The molecule has 1 aliphatic heterocycles. The van der Waals surface area contributed by atoms with Gasteiger partial charge in [0, 0.05) is 11.6 Å². The number of rotatable bonds is 0. The van der Waals surface area contributed by atoms with Gasteiger partial charge in [0.2, 0.25) is 0 Å². The Labute approximate surface area is 63.2 Å². The minimum absolute atomic E-state index is 0.260. The van der Waals surface area contributed by atoms with Gasteiger partial charge in [0.05, 0.1) is 13.3 Å². The molecular weight excluding hydrogens is 126 g/mol. The van der Waals surface area contributed by atoms with Crippen molar-refractivity contribution in [3.8, 4) is 0 Å². The third kappa shape index (κ3) is 1.50. The van der Waals surface area contributed by atoms with Gasteiger partial charge in [-0.1, -0.05) is 0 Å². The van der Waals surface area contributed by atoms with Crippen LogP contribution in [-0.2, 0) is 4.74 Å². The molecule has 0 N–H and O–H groups in total. The maximum Gasteiger partial charge on any atom is 0.0998 e. The molecule has 1 heterocycles. The molecule has 0 aliphatic carbocycles. The van der Waals surface area contributed by atoms with E-state index in [1.165, 1.54) is 0 Å². The molecule has 1 aliphatic rings. The molecule has 1 unspecified atom stereocenters.